The molecule has 2 N–H and O–H groups in total. The fourth-order valence-corrected chi connectivity index (χ4v) is 1.74. The molecule has 0 atom stereocenters. The van der Waals surface area contributed by atoms with Crippen LogP contribution in [0.15, 0.2) is 24.5 Å². The van der Waals surface area contributed by atoms with Crippen LogP contribution in [0.4, 0.5) is 5.95 Å². The fraction of sp³-hybridized carbons (Fsp3) is 0.222. The average Bonchev–Trinajstić information content (AvgIpc) is 2.63. The van der Waals surface area contributed by atoms with Gasteiger partial charge in [0.15, 0.2) is 0 Å². The highest BCUT2D eigenvalue weighted by molar-refractivity contribution is 7.05. The van der Waals surface area contributed by atoms with Crippen molar-refractivity contribution in [3.63, 3.8) is 0 Å². The minimum atomic E-state index is 0.375. The molecule has 0 unspecified atom stereocenters. The first-order chi connectivity index (χ1) is 6.84. The molecule has 5 heteroatoms. The van der Waals surface area contributed by atoms with E-state index in [1.165, 1.54) is 17.1 Å². The Morgan fingerprint density at radius 1 is 1.21 bits per heavy atom. The Labute approximate surface area is 86.0 Å². The summed E-state index contributed by atoms with van der Waals surface area (Å²) in [4.78, 5) is 8.05. The van der Waals surface area contributed by atoms with Crippen LogP contribution in [0.25, 0.3) is 0 Å². The minimum Gasteiger partial charge on any atom is -0.367 e. The topological polar surface area (TPSA) is 64.7 Å². The molecule has 0 fully saturated rings. The molecule has 2 heterocycles. The molecule has 0 saturated heterocycles. The van der Waals surface area contributed by atoms with Gasteiger partial charge < -0.3 is 5.73 Å². The molecule has 0 radical (unpaired) electrons. The van der Waals surface area contributed by atoms with Crippen molar-refractivity contribution in [3.8, 4) is 0 Å². The van der Waals surface area contributed by atoms with Crippen LogP contribution in [0.3, 0.4) is 0 Å². The molecule has 0 aliphatic heterocycles. The van der Waals surface area contributed by atoms with E-state index in [2.05, 4.69) is 14.3 Å². The van der Waals surface area contributed by atoms with Crippen LogP contribution in [-0.2, 0) is 12.8 Å². The highest BCUT2D eigenvalue weighted by Gasteiger charge is 2.00. The second kappa shape index (κ2) is 4.15. The van der Waals surface area contributed by atoms with Gasteiger partial charge in [0.2, 0.25) is 5.95 Å². The van der Waals surface area contributed by atoms with Crippen molar-refractivity contribution < 1.29 is 0 Å². The third-order valence-corrected chi connectivity index (χ3v) is 2.65. The maximum Gasteiger partial charge on any atom is 0.232 e. The molecule has 0 spiro atoms. The molecule has 4 nitrogen and oxygen atoms in total. The molecule has 2 rings (SSSR count). The molecule has 0 amide bonds. The summed E-state index contributed by atoms with van der Waals surface area (Å²) in [6.07, 6.45) is 5.43. The molecule has 14 heavy (non-hydrogen) atoms. The van der Waals surface area contributed by atoms with E-state index < -0.39 is 0 Å². The smallest absolute Gasteiger partial charge is 0.232 e. The van der Waals surface area contributed by atoms with E-state index in [-0.39, 0.29) is 0 Å². The first kappa shape index (κ1) is 9.08. The van der Waals surface area contributed by atoms with Gasteiger partial charge in [0, 0.05) is 18.8 Å². The molecule has 0 aliphatic rings. The van der Waals surface area contributed by atoms with Gasteiger partial charge in [0.05, 0.1) is 0 Å². The van der Waals surface area contributed by atoms with Crippen LogP contribution in [0.1, 0.15) is 10.6 Å². The summed E-state index contributed by atoms with van der Waals surface area (Å²) in [5.74, 6) is 0.375. The second-order valence-corrected chi connectivity index (χ2v) is 3.74. The van der Waals surface area contributed by atoms with Gasteiger partial charge in [-0.1, -0.05) is 0 Å². The third kappa shape index (κ3) is 2.26. The van der Waals surface area contributed by atoms with Gasteiger partial charge in [-0.3, -0.25) is 4.98 Å². The predicted molar refractivity (Wildman–Crippen MR) is 56.0 cm³/mol. The van der Waals surface area contributed by atoms with Crippen molar-refractivity contribution in [1.82, 2.24) is 14.3 Å². The highest BCUT2D eigenvalue weighted by atomic mass is 32.1. The summed E-state index contributed by atoms with van der Waals surface area (Å²) in [5, 5.41) is 0.985. The zero-order valence-corrected chi connectivity index (χ0v) is 8.37. The molecule has 2 aromatic rings. The summed E-state index contributed by atoms with van der Waals surface area (Å²) in [5.41, 5.74) is 6.68. The molecular weight excluding hydrogens is 196 g/mol. The molecule has 0 aliphatic carbocycles. The summed E-state index contributed by atoms with van der Waals surface area (Å²) in [6.45, 7) is 0. The first-order valence-electron chi connectivity index (χ1n) is 4.31. The van der Waals surface area contributed by atoms with E-state index in [9.17, 15) is 0 Å². The number of hydrogen-bond donors (Lipinski definition) is 1. The minimum absolute atomic E-state index is 0.375. The maximum absolute atomic E-state index is 5.43. The lowest BCUT2D eigenvalue weighted by Gasteiger charge is -1.96. The molecule has 0 bridgehead atoms. The second-order valence-electron chi connectivity index (χ2n) is 2.90. The van der Waals surface area contributed by atoms with Gasteiger partial charge in [-0.2, -0.15) is 4.37 Å². The van der Waals surface area contributed by atoms with Crippen LogP contribution in [-0.4, -0.2) is 14.3 Å². The Morgan fingerprint density at radius 2 is 2.00 bits per heavy atom. The zero-order chi connectivity index (χ0) is 9.80. The maximum atomic E-state index is 5.43. The Kier molecular flexibility index (Phi) is 2.69. The van der Waals surface area contributed by atoms with Gasteiger partial charge in [0.25, 0.3) is 0 Å². The number of nitrogens with two attached hydrogens (primary N) is 1. The third-order valence-electron chi connectivity index (χ3n) is 1.86. The number of pyridine rings is 1. The van der Waals surface area contributed by atoms with Crippen LogP contribution < -0.4 is 5.73 Å². The number of rotatable bonds is 3. The van der Waals surface area contributed by atoms with Crippen molar-refractivity contribution >= 4 is 17.5 Å². The van der Waals surface area contributed by atoms with E-state index in [1.54, 1.807) is 12.4 Å². The van der Waals surface area contributed by atoms with E-state index in [0.29, 0.717) is 5.95 Å². The number of aromatic nitrogens is 3. The van der Waals surface area contributed by atoms with Gasteiger partial charge in [-0.05, 0) is 35.6 Å². The Hall–Kier alpha value is -1.49. The molecule has 0 saturated carbocycles. The quantitative estimate of drug-likeness (QED) is 0.822. The van der Waals surface area contributed by atoms with Gasteiger partial charge >= 0.3 is 0 Å². The van der Waals surface area contributed by atoms with Crippen molar-refractivity contribution in [1.29, 1.82) is 0 Å². The number of anilines is 1. The first-order valence-corrected chi connectivity index (χ1v) is 5.09. The zero-order valence-electron chi connectivity index (χ0n) is 7.55. The Bertz CT molecular complexity index is 398. The van der Waals surface area contributed by atoms with Crippen molar-refractivity contribution in [3.05, 3.63) is 35.1 Å². The SMILES string of the molecule is Nc1nsc(CCc2ccncc2)n1. The lowest BCUT2D eigenvalue weighted by Crippen LogP contribution is -1.92. The van der Waals surface area contributed by atoms with E-state index >= 15 is 0 Å². The Morgan fingerprint density at radius 3 is 2.64 bits per heavy atom. The largest absolute Gasteiger partial charge is 0.367 e. The molecule has 72 valence electrons. The van der Waals surface area contributed by atoms with Crippen molar-refractivity contribution in [2.24, 2.45) is 0 Å². The van der Waals surface area contributed by atoms with Gasteiger partial charge in [-0.15, -0.1) is 0 Å². The monoisotopic (exact) mass is 206 g/mol. The molecule has 2 aromatic heterocycles. The van der Waals surface area contributed by atoms with Gasteiger partial charge in [-0.25, -0.2) is 4.98 Å². The van der Waals surface area contributed by atoms with Crippen LogP contribution in [0.2, 0.25) is 0 Å². The van der Waals surface area contributed by atoms with E-state index in [1.807, 2.05) is 12.1 Å². The summed E-state index contributed by atoms with van der Waals surface area (Å²) in [7, 11) is 0. The lowest BCUT2D eigenvalue weighted by molar-refractivity contribution is 0.941. The normalized spacial score (nSPS) is 10.3. The van der Waals surface area contributed by atoms with Crippen molar-refractivity contribution in [2.75, 3.05) is 5.73 Å². The van der Waals surface area contributed by atoms with Crippen LogP contribution >= 0.6 is 11.5 Å². The Balaban J connectivity index is 1.95. The number of nitrogen functional groups attached to an aromatic ring is 1. The van der Waals surface area contributed by atoms with E-state index in [0.717, 1.165) is 17.8 Å². The fourth-order valence-electron chi connectivity index (χ4n) is 1.17. The summed E-state index contributed by atoms with van der Waals surface area (Å²) in [6, 6.07) is 4.01. The standard InChI is InChI=1S/C9H10N4S/c10-9-12-8(14-13-9)2-1-7-3-5-11-6-4-7/h3-6H,1-2H2,(H2,10,13). The summed E-state index contributed by atoms with van der Waals surface area (Å²) < 4.78 is 3.92. The predicted octanol–water partition coefficient (Wildman–Crippen LogP) is 1.30. The number of nitrogens with zero attached hydrogens (tertiary/aromatic N) is 3. The lowest BCUT2D eigenvalue weighted by atomic mass is 10.1. The van der Waals surface area contributed by atoms with Crippen LogP contribution in [0.5, 0.6) is 0 Å². The van der Waals surface area contributed by atoms with Crippen molar-refractivity contribution in [2.45, 2.75) is 12.8 Å². The molecule has 0 aromatic carbocycles. The highest BCUT2D eigenvalue weighted by Crippen LogP contribution is 2.09. The summed E-state index contributed by atoms with van der Waals surface area (Å²) >= 11 is 1.37. The van der Waals surface area contributed by atoms with Crippen LogP contribution in [0, 0.1) is 0 Å². The van der Waals surface area contributed by atoms with E-state index in [4.69, 9.17) is 5.73 Å². The molecular formula is C9H10N4S. The number of aryl methyl sites for hydroxylation is 2. The van der Waals surface area contributed by atoms with Gasteiger partial charge in [0.1, 0.15) is 5.01 Å². The average molecular weight is 206 g/mol. The number of hydrogen-bond acceptors (Lipinski definition) is 5.